The van der Waals surface area contributed by atoms with Gasteiger partial charge in [0.05, 0.1) is 6.54 Å². The monoisotopic (exact) mass is 498 g/mol. The van der Waals surface area contributed by atoms with Gasteiger partial charge in [0.15, 0.2) is 11.5 Å². The van der Waals surface area contributed by atoms with E-state index in [0.717, 1.165) is 23.1 Å². The van der Waals surface area contributed by atoms with E-state index in [1.165, 1.54) is 17.0 Å². The summed E-state index contributed by atoms with van der Waals surface area (Å²) in [5.74, 6) is -0.168. The van der Waals surface area contributed by atoms with Crippen molar-refractivity contribution in [2.45, 2.75) is 51.9 Å². The summed E-state index contributed by atoms with van der Waals surface area (Å²) in [6.45, 7) is 5.53. The van der Waals surface area contributed by atoms with Crippen LogP contribution in [0, 0.1) is 11.7 Å². The van der Waals surface area contributed by atoms with Crippen LogP contribution >= 0.6 is 0 Å². The van der Waals surface area contributed by atoms with Crippen LogP contribution in [0.3, 0.4) is 0 Å². The first kappa shape index (κ1) is 24.7. The van der Waals surface area contributed by atoms with Gasteiger partial charge in [0.1, 0.15) is 5.82 Å². The van der Waals surface area contributed by atoms with Gasteiger partial charge in [-0.2, -0.15) is 0 Å². The molecule has 0 aliphatic carbocycles. The molecule has 6 nitrogen and oxygen atoms in total. The zero-order valence-corrected chi connectivity index (χ0v) is 21.2. The third kappa shape index (κ3) is 4.73. The van der Waals surface area contributed by atoms with E-state index in [1.54, 1.807) is 18.2 Å². The van der Waals surface area contributed by atoms with Crippen LogP contribution in [0.1, 0.15) is 59.3 Å². The number of fused-ring (bicyclic) bond motifs is 1. The van der Waals surface area contributed by atoms with Crippen molar-refractivity contribution < 1.29 is 14.0 Å². The average molecular weight is 499 g/mol. The van der Waals surface area contributed by atoms with Crippen molar-refractivity contribution in [3.05, 3.63) is 106 Å². The smallest absolute Gasteiger partial charge is 0.262 e. The standard InChI is InChI=1S/C30H31FN4O2/c1-20(2)14-15-30(25-10-12-26(31)13-11-25)28(37)35(29(32)33-30)17-21-6-5-9-22(16-21)27(36)34-18-23-7-3-4-8-24(23)19-34/h3-13,16,20H,14-15,17-19H2,1-2H3,(H2,32,33). The minimum absolute atomic E-state index is 0.0509. The molecule has 3 aromatic carbocycles. The summed E-state index contributed by atoms with van der Waals surface area (Å²) in [5, 5.41) is 0. The summed E-state index contributed by atoms with van der Waals surface area (Å²) in [5.41, 5.74) is 9.44. The van der Waals surface area contributed by atoms with Gasteiger partial charge in [-0.05, 0) is 65.3 Å². The molecule has 0 aromatic heterocycles. The molecule has 0 radical (unpaired) electrons. The number of amides is 2. The fraction of sp³-hybridized carbons (Fsp3) is 0.300. The summed E-state index contributed by atoms with van der Waals surface area (Å²) in [4.78, 5) is 35.1. The molecule has 2 aliphatic rings. The van der Waals surface area contributed by atoms with E-state index in [2.05, 4.69) is 18.8 Å². The SMILES string of the molecule is CC(C)CCC1(c2ccc(F)cc2)N=C(N)N(Cc2cccc(C(=O)N3Cc4ccccc4C3)c2)C1=O. The summed E-state index contributed by atoms with van der Waals surface area (Å²) >= 11 is 0. The maximum absolute atomic E-state index is 13.9. The van der Waals surface area contributed by atoms with Crippen LogP contribution in [-0.2, 0) is 30.0 Å². The first-order chi connectivity index (χ1) is 17.8. The molecule has 2 aliphatic heterocycles. The van der Waals surface area contributed by atoms with Crippen LogP contribution in [0.5, 0.6) is 0 Å². The van der Waals surface area contributed by atoms with Gasteiger partial charge in [-0.15, -0.1) is 0 Å². The average Bonchev–Trinajstić information content (AvgIpc) is 3.43. The normalized spacial score (nSPS) is 18.9. The number of hydrogen-bond donors (Lipinski definition) is 1. The molecule has 2 amide bonds. The number of benzene rings is 3. The quantitative estimate of drug-likeness (QED) is 0.500. The van der Waals surface area contributed by atoms with Gasteiger partial charge < -0.3 is 10.6 Å². The Morgan fingerprint density at radius 3 is 2.35 bits per heavy atom. The Hall–Kier alpha value is -4.00. The zero-order valence-electron chi connectivity index (χ0n) is 21.2. The number of guanidine groups is 1. The van der Waals surface area contributed by atoms with Crippen LogP contribution in [0.15, 0.2) is 77.8 Å². The molecule has 0 saturated carbocycles. The number of rotatable bonds is 7. The topological polar surface area (TPSA) is 79.0 Å². The van der Waals surface area contributed by atoms with Gasteiger partial charge in [0.2, 0.25) is 0 Å². The fourth-order valence-corrected chi connectivity index (χ4v) is 5.15. The Morgan fingerprint density at radius 2 is 1.70 bits per heavy atom. The zero-order chi connectivity index (χ0) is 26.2. The van der Waals surface area contributed by atoms with Crippen molar-refractivity contribution in [2.24, 2.45) is 16.6 Å². The van der Waals surface area contributed by atoms with Crippen molar-refractivity contribution >= 4 is 17.8 Å². The van der Waals surface area contributed by atoms with Crippen molar-refractivity contribution in [1.82, 2.24) is 9.80 Å². The number of nitrogens with zero attached hydrogens (tertiary/aromatic N) is 3. The molecule has 0 bridgehead atoms. The summed E-state index contributed by atoms with van der Waals surface area (Å²) in [6, 6.07) is 21.3. The van der Waals surface area contributed by atoms with Gasteiger partial charge in [0, 0.05) is 18.7 Å². The van der Waals surface area contributed by atoms with Crippen molar-refractivity contribution in [2.75, 3.05) is 0 Å². The van der Waals surface area contributed by atoms with E-state index in [4.69, 9.17) is 5.73 Å². The lowest BCUT2D eigenvalue weighted by Crippen LogP contribution is -2.42. The molecule has 7 heteroatoms. The second kappa shape index (κ2) is 9.81. The van der Waals surface area contributed by atoms with E-state index in [0.29, 0.717) is 36.6 Å². The van der Waals surface area contributed by atoms with Crippen molar-refractivity contribution in [3.63, 3.8) is 0 Å². The molecular formula is C30H31FN4O2. The Bertz CT molecular complexity index is 1340. The number of halogens is 1. The lowest BCUT2D eigenvalue weighted by Gasteiger charge is -2.27. The van der Waals surface area contributed by atoms with Crippen LogP contribution < -0.4 is 5.73 Å². The molecule has 37 heavy (non-hydrogen) atoms. The van der Waals surface area contributed by atoms with E-state index >= 15 is 0 Å². The van der Waals surface area contributed by atoms with Gasteiger partial charge >= 0.3 is 0 Å². The molecule has 190 valence electrons. The highest BCUT2D eigenvalue weighted by Crippen LogP contribution is 2.39. The number of aliphatic imine (C=N–C) groups is 1. The minimum atomic E-state index is -1.18. The van der Waals surface area contributed by atoms with E-state index < -0.39 is 5.54 Å². The molecule has 2 heterocycles. The van der Waals surface area contributed by atoms with Crippen molar-refractivity contribution in [1.29, 1.82) is 0 Å². The Labute approximate surface area is 216 Å². The molecule has 1 atom stereocenters. The Balaban J connectivity index is 1.37. The van der Waals surface area contributed by atoms with Gasteiger partial charge in [-0.3, -0.25) is 14.5 Å². The highest BCUT2D eigenvalue weighted by molar-refractivity contribution is 6.07. The fourth-order valence-electron chi connectivity index (χ4n) is 5.15. The summed E-state index contributed by atoms with van der Waals surface area (Å²) in [7, 11) is 0. The number of nitrogens with two attached hydrogens (primary N) is 1. The molecule has 0 spiro atoms. The van der Waals surface area contributed by atoms with Gasteiger partial charge in [-0.25, -0.2) is 9.38 Å². The van der Waals surface area contributed by atoms with Crippen LogP contribution in [-0.4, -0.2) is 27.6 Å². The first-order valence-electron chi connectivity index (χ1n) is 12.6. The number of carbonyl (C=O) groups excluding carboxylic acids is 2. The van der Waals surface area contributed by atoms with Gasteiger partial charge in [0.25, 0.3) is 11.8 Å². The Kier molecular flexibility index (Phi) is 6.54. The predicted molar refractivity (Wildman–Crippen MR) is 141 cm³/mol. The third-order valence-electron chi connectivity index (χ3n) is 7.23. The van der Waals surface area contributed by atoms with Crippen molar-refractivity contribution in [3.8, 4) is 0 Å². The van der Waals surface area contributed by atoms with E-state index in [-0.39, 0.29) is 30.1 Å². The Morgan fingerprint density at radius 1 is 1.03 bits per heavy atom. The maximum atomic E-state index is 13.9. The first-order valence-corrected chi connectivity index (χ1v) is 12.6. The van der Waals surface area contributed by atoms with Crippen LogP contribution in [0.25, 0.3) is 0 Å². The molecule has 0 fully saturated rings. The lowest BCUT2D eigenvalue weighted by molar-refractivity contribution is -0.132. The largest absolute Gasteiger partial charge is 0.369 e. The van der Waals surface area contributed by atoms with Gasteiger partial charge in [-0.1, -0.05) is 62.4 Å². The van der Waals surface area contributed by atoms with E-state index in [9.17, 15) is 14.0 Å². The third-order valence-corrected chi connectivity index (χ3v) is 7.23. The summed E-state index contributed by atoms with van der Waals surface area (Å²) < 4.78 is 13.7. The van der Waals surface area contributed by atoms with E-state index in [1.807, 2.05) is 47.4 Å². The lowest BCUT2D eigenvalue weighted by atomic mass is 9.83. The molecular weight excluding hydrogens is 467 g/mol. The summed E-state index contributed by atoms with van der Waals surface area (Å²) in [6.07, 6.45) is 1.23. The molecule has 5 rings (SSSR count). The highest BCUT2D eigenvalue weighted by atomic mass is 19.1. The number of hydrogen-bond acceptors (Lipinski definition) is 4. The molecule has 0 saturated heterocycles. The maximum Gasteiger partial charge on any atom is 0.262 e. The molecule has 1 unspecified atom stereocenters. The second-order valence-corrected chi connectivity index (χ2v) is 10.3. The predicted octanol–water partition coefficient (Wildman–Crippen LogP) is 4.97. The minimum Gasteiger partial charge on any atom is -0.369 e. The molecule has 3 aromatic rings. The second-order valence-electron chi connectivity index (χ2n) is 10.3. The molecule has 2 N–H and O–H groups in total. The highest BCUT2D eigenvalue weighted by Gasteiger charge is 2.48. The van der Waals surface area contributed by atoms with Crippen LogP contribution in [0.2, 0.25) is 0 Å². The number of carbonyl (C=O) groups is 2. The van der Waals surface area contributed by atoms with Crippen LogP contribution in [0.4, 0.5) is 4.39 Å².